The lowest BCUT2D eigenvalue weighted by atomic mass is 9.83. The first-order chi connectivity index (χ1) is 10.1. The standard InChI is InChI=1S/C15H19NO5/c17-11-6-7-12(14(18)19)13(8-11)16-15(20)21-9-10-4-2-1-3-5-10/h1-5,11-13,17H,6-9H2,(H,16,20)(H,18,19)/t11-,12+,13-/m0/s1. The number of aliphatic hydroxyl groups excluding tert-OH is 1. The molecule has 1 saturated carbocycles. The van der Waals surface area contributed by atoms with Crippen molar-refractivity contribution in [2.75, 3.05) is 0 Å². The van der Waals surface area contributed by atoms with E-state index < -0.39 is 30.1 Å². The van der Waals surface area contributed by atoms with Gasteiger partial charge < -0.3 is 20.3 Å². The first kappa shape index (κ1) is 15.3. The molecule has 0 bridgehead atoms. The molecule has 0 radical (unpaired) electrons. The third-order valence-electron chi connectivity index (χ3n) is 3.66. The number of alkyl carbamates (subject to hydrolysis) is 1. The molecule has 1 aliphatic carbocycles. The van der Waals surface area contributed by atoms with Gasteiger partial charge in [0.1, 0.15) is 6.61 Å². The molecule has 1 fully saturated rings. The van der Waals surface area contributed by atoms with Crippen molar-refractivity contribution in [3.05, 3.63) is 35.9 Å². The van der Waals surface area contributed by atoms with Crippen molar-refractivity contribution in [1.29, 1.82) is 0 Å². The molecule has 6 heteroatoms. The highest BCUT2D eigenvalue weighted by Crippen LogP contribution is 2.25. The zero-order chi connectivity index (χ0) is 15.2. The van der Waals surface area contributed by atoms with E-state index in [0.29, 0.717) is 12.8 Å². The topological polar surface area (TPSA) is 95.9 Å². The van der Waals surface area contributed by atoms with Gasteiger partial charge in [0.2, 0.25) is 0 Å². The summed E-state index contributed by atoms with van der Waals surface area (Å²) in [4.78, 5) is 22.9. The third-order valence-corrected chi connectivity index (χ3v) is 3.66. The van der Waals surface area contributed by atoms with Gasteiger partial charge in [0.05, 0.1) is 12.0 Å². The number of nitrogens with one attached hydrogen (secondary N) is 1. The molecule has 0 spiro atoms. The Hall–Kier alpha value is -2.08. The predicted molar refractivity (Wildman–Crippen MR) is 74.5 cm³/mol. The maximum Gasteiger partial charge on any atom is 0.407 e. The predicted octanol–water partition coefficient (Wildman–Crippen LogP) is 1.53. The van der Waals surface area contributed by atoms with E-state index in [9.17, 15) is 14.7 Å². The molecule has 3 N–H and O–H groups in total. The molecule has 0 heterocycles. The van der Waals surface area contributed by atoms with E-state index in [1.807, 2.05) is 30.3 Å². The minimum absolute atomic E-state index is 0.125. The molecular weight excluding hydrogens is 274 g/mol. The average Bonchev–Trinajstić information content (AvgIpc) is 2.46. The monoisotopic (exact) mass is 293 g/mol. The van der Waals surface area contributed by atoms with Crippen molar-refractivity contribution in [1.82, 2.24) is 5.32 Å². The molecule has 0 aliphatic heterocycles. The van der Waals surface area contributed by atoms with Gasteiger partial charge in [-0.05, 0) is 24.8 Å². The van der Waals surface area contributed by atoms with E-state index >= 15 is 0 Å². The summed E-state index contributed by atoms with van der Waals surface area (Å²) in [6, 6.07) is 8.61. The number of aliphatic carboxylic acids is 1. The number of hydrogen-bond donors (Lipinski definition) is 3. The van der Waals surface area contributed by atoms with Crippen molar-refractivity contribution in [3.63, 3.8) is 0 Å². The number of carboxylic acids is 1. The molecule has 1 aromatic rings. The minimum atomic E-state index is -0.963. The second kappa shape index (κ2) is 7.08. The van der Waals surface area contributed by atoms with Crippen LogP contribution in [0.25, 0.3) is 0 Å². The zero-order valence-corrected chi connectivity index (χ0v) is 11.6. The van der Waals surface area contributed by atoms with Gasteiger partial charge in [-0.1, -0.05) is 30.3 Å². The molecule has 3 atom stereocenters. The molecule has 1 amide bonds. The van der Waals surface area contributed by atoms with Crippen LogP contribution in [0.15, 0.2) is 30.3 Å². The van der Waals surface area contributed by atoms with E-state index in [1.165, 1.54) is 0 Å². The van der Waals surface area contributed by atoms with Crippen LogP contribution < -0.4 is 5.32 Å². The Bertz CT molecular complexity index is 490. The number of amides is 1. The average molecular weight is 293 g/mol. The smallest absolute Gasteiger partial charge is 0.407 e. The number of carbonyl (C=O) groups excluding carboxylic acids is 1. The van der Waals surface area contributed by atoms with Gasteiger partial charge in [-0.3, -0.25) is 4.79 Å². The number of ether oxygens (including phenoxy) is 1. The van der Waals surface area contributed by atoms with E-state index in [0.717, 1.165) is 5.56 Å². The van der Waals surface area contributed by atoms with Crippen LogP contribution in [0.3, 0.4) is 0 Å². The fourth-order valence-corrected chi connectivity index (χ4v) is 2.52. The first-order valence-corrected chi connectivity index (χ1v) is 6.94. The summed E-state index contributed by atoms with van der Waals surface area (Å²) in [7, 11) is 0. The molecule has 0 aromatic heterocycles. The Labute approximate surface area is 122 Å². The van der Waals surface area contributed by atoms with Crippen LogP contribution in [0.4, 0.5) is 4.79 Å². The minimum Gasteiger partial charge on any atom is -0.481 e. The van der Waals surface area contributed by atoms with Crippen LogP contribution in [0, 0.1) is 5.92 Å². The lowest BCUT2D eigenvalue weighted by Crippen LogP contribution is -2.48. The summed E-state index contributed by atoms with van der Waals surface area (Å²) < 4.78 is 5.07. The maximum absolute atomic E-state index is 11.8. The highest BCUT2D eigenvalue weighted by Gasteiger charge is 2.35. The quantitative estimate of drug-likeness (QED) is 0.782. The SMILES string of the molecule is O=C(N[C@H]1C[C@@H](O)CC[C@H]1C(=O)O)OCc1ccccc1. The number of carbonyl (C=O) groups is 2. The molecule has 6 nitrogen and oxygen atoms in total. The molecule has 1 aliphatic rings. The lowest BCUT2D eigenvalue weighted by molar-refractivity contribution is -0.144. The summed E-state index contributed by atoms with van der Waals surface area (Å²) in [5, 5.41) is 21.3. The molecule has 21 heavy (non-hydrogen) atoms. The fraction of sp³-hybridized carbons (Fsp3) is 0.467. The second-order valence-corrected chi connectivity index (χ2v) is 5.22. The number of hydrogen-bond acceptors (Lipinski definition) is 4. The molecule has 1 aromatic carbocycles. The van der Waals surface area contributed by atoms with Gasteiger partial charge in [0.25, 0.3) is 0 Å². The Morgan fingerprint density at radius 1 is 1.24 bits per heavy atom. The van der Waals surface area contributed by atoms with Gasteiger partial charge in [-0.25, -0.2) is 4.79 Å². The van der Waals surface area contributed by atoms with E-state index in [4.69, 9.17) is 9.84 Å². The molecule has 0 unspecified atom stereocenters. The number of carboxylic acid groups (broad SMARTS) is 1. The summed E-state index contributed by atoms with van der Waals surface area (Å²) in [6.07, 6.45) is -0.226. The van der Waals surface area contributed by atoms with Crippen molar-refractivity contribution >= 4 is 12.1 Å². The largest absolute Gasteiger partial charge is 0.481 e. The second-order valence-electron chi connectivity index (χ2n) is 5.22. The summed E-state index contributed by atoms with van der Waals surface area (Å²) in [5.41, 5.74) is 0.853. The number of rotatable bonds is 4. The summed E-state index contributed by atoms with van der Waals surface area (Å²) in [6.45, 7) is 0.125. The van der Waals surface area contributed by atoms with Gasteiger partial charge >= 0.3 is 12.1 Å². The summed E-state index contributed by atoms with van der Waals surface area (Å²) >= 11 is 0. The van der Waals surface area contributed by atoms with Crippen LogP contribution in [-0.2, 0) is 16.1 Å². The van der Waals surface area contributed by atoms with E-state index in [-0.39, 0.29) is 13.0 Å². The van der Waals surface area contributed by atoms with Crippen LogP contribution in [0.1, 0.15) is 24.8 Å². The Morgan fingerprint density at radius 3 is 2.62 bits per heavy atom. The molecular formula is C15H19NO5. The third kappa shape index (κ3) is 4.46. The lowest BCUT2D eigenvalue weighted by Gasteiger charge is -2.31. The van der Waals surface area contributed by atoms with E-state index in [1.54, 1.807) is 0 Å². The highest BCUT2D eigenvalue weighted by molar-refractivity contribution is 5.73. The maximum atomic E-state index is 11.8. The number of aliphatic hydroxyl groups is 1. The van der Waals surface area contributed by atoms with Crippen LogP contribution >= 0.6 is 0 Å². The number of benzene rings is 1. The normalized spacial score (nSPS) is 25.1. The van der Waals surface area contributed by atoms with Gasteiger partial charge in [0.15, 0.2) is 0 Å². The van der Waals surface area contributed by atoms with Gasteiger partial charge in [-0.2, -0.15) is 0 Å². The van der Waals surface area contributed by atoms with Gasteiger partial charge in [0, 0.05) is 6.04 Å². The Morgan fingerprint density at radius 2 is 1.95 bits per heavy atom. The zero-order valence-electron chi connectivity index (χ0n) is 11.6. The summed E-state index contributed by atoms with van der Waals surface area (Å²) in [5.74, 6) is -1.65. The molecule has 2 rings (SSSR count). The first-order valence-electron chi connectivity index (χ1n) is 6.94. The van der Waals surface area contributed by atoms with Crippen molar-refractivity contribution in [3.8, 4) is 0 Å². The van der Waals surface area contributed by atoms with Crippen LogP contribution in [0.2, 0.25) is 0 Å². The van der Waals surface area contributed by atoms with Crippen molar-refractivity contribution in [2.24, 2.45) is 5.92 Å². The van der Waals surface area contributed by atoms with Crippen LogP contribution in [-0.4, -0.2) is 34.4 Å². The molecule has 114 valence electrons. The van der Waals surface area contributed by atoms with Crippen LogP contribution in [0.5, 0.6) is 0 Å². The fourth-order valence-electron chi connectivity index (χ4n) is 2.52. The Kier molecular flexibility index (Phi) is 5.16. The Balaban J connectivity index is 1.86. The highest BCUT2D eigenvalue weighted by atomic mass is 16.5. The molecule has 0 saturated heterocycles. The van der Waals surface area contributed by atoms with Crippen molar-refractivity contribution < 1.29 is 24.5 Å². The van der Waals surface area contributed by atoms with E-state index in [2.05, 4.69) is 5.32 Å². The van der Waals surface area contributed by atoms with Gasteiger partial charge in [-0.15, -0.1) is 0 Å². The van der Waals surface area contributed by atoms with Crippen molar-refractivity contribution in [2.45, 2.75) is 38.0 Å².